The van der Waals surface area contributed by atoms with Crippen LogP contribution in [0.1, 0.15) is 31.2 Å². The molecule has 1 aliphatic heterocycles. The van der Waals surface area contributed by atoms with Crippen molar-refractivity contribution in [1.82, 2.24) is 4.98 Å². The number of hydrogen-bond donors (Lipinski definition) is 2. The van der Waals surface area contributed by atoms with Crippen molar-refractivity contribution in [3.05, 3.63) is 17.8 Å². The Bertz CT molecular complexity index is 380. The fourth-order valence-corrected chi connectivity index (χ4v) is 2.72. The van der Waals surface area contributed by atoms with Gasteiger partial charge in [-0.25, -0.2) is 4.98 Å². The van der Waals surface area contributed by atoms with Crippen LogP contribution in [0, 0.1) is 6.92 Å². The normalized spacial score (nSPS) is 21.9. The van der Waals surface area contributed by atoms with Crippen LogP contribution in [0.25, 0.3) is 0 Å². The minimum Gasteiger partial charge on any atom is -0.380 e. The average molecular weight is 203 g/mol. The summed E-state index contributed by atoms with van der Waals surface area (Å²) >= 11 is 0. The molecule has 0 unspecified atom stereocenters. The molecule has 1 fully saturated rings. The van der Waals surface area contributed by atoms with Crippen LogP contribution in [0.5, 0.6) is 0 Å². The van der Waals surface area contributed by atoms with Crippen LogP contribution in [0.15, 0.2) is 12.3 Å². The number of aromatic nitrogens is 1. The molecular formula is C12H17N3. The number of aryl methyl sites for hydroxylation is 1. The fraction of sp³-hybridized carbons (Fsp3) is 0.583. The molecule has 3 heteroatoms. The second kappa shape index (κ2) is 3.12. The van der Waals surface area contributed by atoms with Gasteiger partial charge in [0.05, 0.1) is 11.2 Å². The molecule has 2 N–H and O–H groups in total. The van der Waals surface area contributed by atoms with Gasteiger partial charge in [0.1, 0.15) is 5.82 Å². The minimum atomic E-state index is 0.287. The summed E-state index contributed by atoms with van der Waals surface area (Å²) in [4.78, 5) is 4.46. The van der Waals surface area contributed by atoms with Crippen molar-refractivity contribution < 1.29 is 0 Å². The van der Waals surface area contributed by atoms with Gasteiger partial charge in [-0.05, 0) is 31.4 Å². The lowest BCUT2D eigenvalue weighted by Gasteiger charge is -2.36. The van der Waals surface area contributed by atoms with Gasteiger partial charge in [0, 0.05) is 12.7 Å². The summed E-state index contributed by atoms with van der Waals surface area (Å²) < 4.78 is 0. The first-order valence-electron chi connectivity index (χ1n) is 5.76. The molecule has 0 atom stereocenters. The van der Waals surface area contributed by atoms with E-state index in [0.717, 1.165) is 18.1 Å². The molecule has 80 valence electrons. The van der Waals surface area contributed by atoms with Crippen LogP contribution in [0.2, 0.25) is 0 Å². The summed E-state index contributed by atoms with van der Waals surface area (Å²) in [6.45, 7) is 3.13. The summed E-state index contributed by atoms with van der Waals surface area (Å²) in [5.74, 6) is 1.04. The quantitative estimate of drug-likeness (QED) is 0.680. The van der Waals surface area contributed by atoms with Gasteiger partial charge in [-0.1, -0.05) is 12.8 Å². The predicted octanol–water partition coefficient (Wildman–Crippen LogP) is 2.54. The van der Waals surface area contributed by atoms with Crippen LogP contribution in [-0.4, -0.2) is 17.1 Å². The first-order chi connectivity index (χ1) is 7.27. The molecule has 3 nitrogen and oxygen atoms in total. The highest BCUT2D eigenvalue weighted by Crippen LogP contribution is 2.38. The van der Waals surface area contributed by atoms with E-state index in [0.29, 0.717) is 0 Å². The predicted molar refractivity (Wildman–Crippen MR) is 62.3 cm³/mol. The fourth-order valence-electron chi connectivity index (χ4n) is 2.72. The maximum atomic E-state index is 4.46. The number of pyridine rings is 1. The maximum absolute atomic E-state index is 4.46. The van der Waals surface area contributed by atoms with E-state index in [1.54, 1.807) is 0 Å². The molecule has 3 rings (SSSR count). The van der Waals surface area contributed by atoms with Crippen molar-refractivity contribution >= 4 is 11.5 Å². The van der Waals surface area contributed by atoms with Crippen molar-refractivity contribution in [2.75, 3.05) is 17.2 Å². The summed E-state index contributed by atoms with van der Waals surface area (Å²) in [7, 11) is 0. The number of fused-ring (bicyclic) bond motifs is 1. The van der Waals surface area contributed by atoms with E-state index in [1.165, 1.54) is 31.2 Å². The largest absolute Gasteiger partial charge is 0.380 e. The van der Waals surface area contributed by atoms with Gasteiger partial charge in [-0.15, -0.1) is 0 Å². The molecular weight excluding hydrogens is 186 g/mol. The Balaban J connectivity index is 1.93. The molecule has 15 heavy (non-hydrogen) atoms. The molecule has 0 saturated heterocycles. The topological polar surface area (TPSA) is 37.0 Å². The van der Waals surface area contributed by atoms with E-state index in [-0.39, 0.29) is 5.54 Å². The van der Waals surface area contributed by atoms with E-state index in [9.17, 15) is 0 Å². The zero-order valence-electron chi connectivity index (χ0n) is 9.14. The highest BCUT2D eigenvalue weighted by molar-refractivity contribution is 5.68. The van der Waals surface area contributed by atoms with Gasteiger partial charge in [-0.2, -0.15) is 0 Å². The number of anilines is 2. The third-order valence-electron chi connectivity index (χ3n) is 3.59. The van der Waals surface area contributed by atoms with Crippen molar-refractivity contribution in [3.63, 3.8) is 0 Å². The third-order valence-corrected chi connectivity index (χ3v) is 3.59. The number of nitrogens with zero attached hydrogens (tertiary/aromatic N) is 1. The summed E-state index contributed by atoms with van der Waals surface area (Å²) in [6, 6.07) is 2.16. The van der Waals surface area contributed by atoms with Crippen molar-refractivity contribution in [1.29, 1.82) is 0 Å². The van der Waals surface area contributed by atoms with E-state index in [2.05, 4.69) is 28.6 Å². The Morgan fingerprint density at radius 3 is 2.93 bits per heavy atom. The van der Waals surface area contributed by atoms with Crippen LogP contribution in [-0.2, 0) is 0 Å². The second-order valence-electron chi connectivity index (χ2n) is 4.87. The Kier molecular flexibility index (Phi) is 1.87. The molecule has 1 aromatic heterocycles. The SMILES string of the molecule is Cc1cnc2c(c1)NCC1(CCCC1)N2. The van der Waals surface area contributed by atoms with Crippen molar-refractivity contribution in [2.24, 2.45) is 0 Å². The lowest BCUT2D eigenvalue weighted by molar-refractivity contribution is 0.497. The maximum Gasteiger partial charge on any atom is 0.149 e. The molecule has 1 aromatic rings. The number of rotatable bonds is 0. The van der Waals surface area contributed by atoms with Gasteiger partial charge in [0.2, 0.25) is 0 Å². The van der Waals surface area contributed by atoms with E-state index >= 15 is 0 Å². The summed E-state index contributed by atoms with van der Waals surface area (Å²) in [6.07, 6.45) is 7.16. The Hall–Kier alpha value is -1.25. The van der Waals surface area contributed by atoms with Crippen LogP contribution < -0.4 is 10.6 Å². The van der Waals surface area contributed by atoms with Crippen LogP contribution in [0.4, 0.5) is 11.5 Å². The van der Waals surface area contributed by atoms with Gasteiger partial charge < -0.3 is 10.6 Å². The first-order valence-corrected chi connectivity index (χ1v) is 5.76. The zero-order valence-corrected chi connectivity index (χ0v) is 9.14. The summed E-state index contributed by atoms with van der Waals surface area (Å²) in [5.41, 5.74) is 2.66. The lowest BCUT2D eigenvalue weighted by Crippen LogP contribution is -2.45. The average Bonchev–Trinajstić information content (AvgIpc) is 2.67. The highest BCUT2D eigenvalue weighted by Gasteiger charge is 2.37. The van der Waals surface area contributed by atoms with Gasteiger partial charge in [0.15, 0.2) is 0 Å². The van der Waals surface area contributed by atoms with Crippen molar-refractivity contribution in [3.8, 4) is 0 Å². The zero-order chi connectivity index (χ0) is 10.3. The molecule has 0 radical (unpaired) electrons. The second-order valence-corrected chi connectivity index (χ2v) is 4.87. The molecule has 0 aromatic carbocycles. The molecule has 0 amide bonds. The molecule has 2 aliphatic rings. The minimum absolute atomic E-state index is 0.287. The number of nitrogens with one attached hydrogen (secondary N) is 2. The first kappa shape index (κ1) is 9.01. The van der Waals surface area contributed by atoms with Crippen LogP contribution in [0.3, 0.4) is 0 Å². The smallest absolute Gasteiger partial charge is 0.149 e. The molecule has 1 spiro atoms. The van der Waals surface area contributed by atoms with Gasteiger partial charge in [0.25, 0.3) is 0 Å². The standard InChI is InChI=1S/C12H17N3/c1-9-6-10-11(13-7-9)15-12(8-14-10)4-2-3-5-12/h6-7,14H,2-5,8H2,1H3,(H,13,15). The highest BCUT2D eigenvalue weighted by atomic mass is 15.2. The molecule has 0 bridgehead atoms. The van der Waals surface area contributed by atoms with Crippen molar-refractivity contribution in [2.45, 2.75) is 38.1 Å². The molecule has 1 saturated carbocycles. The Labute approximate surface area is 90.3 Å². The van der Waals surface area contributed by atoms with E-state index in [4.69, 9.17) is 0 Å². The number of hydrogen-bond acceptors (Lipinski definition) is 3. The lowest BCUT2D eigenvalue weighted by atomic mass is 9.95. The molecule has 1 aliphatic carbocycles. The Morgan fingerprint density at radius 2 is 2.13 bits per heavy atom. The van der Waals surface area contributed by atoms with E-state index < -0.39 is 0 Å². The molecule has 2 heterocycles. The summed E-state index contributed by atoms with van der Waals surface area (Å²) in [5, 5.41) is 7.14. The van der Waals surface area contributed by atoms with E-state index in [1.807, 2.05) is 6.20 Å². The third kappa shape index (κ3) is 1.46. The monoisotopic (exact) mass is 203 g/mol. The Morgan fingerprint density at radius 1 is 1.33 bits per heavy atom. The van der Waals surface area contributed by atoms with Crippen LogP contribution >= 0.6 is 0 Å². The van der Waals surface area contributed by atoms with Gasteiger partial charge >= 0.3 is 0 Å². The van der Waals surface area contributed by atoms with Gasteiger partial charge in [-0.3, -0.25) is 0 Å².